The summed E-state index contributed by atoms with van der Waals surface area (Å²) >= 11 is 6.14. The number of carbonyl (C=O) groups excluding carboxylic acids is 1. The molecule has 1 aliphatic rings. The van der Waals surface area contributed by atoms with Crippen LogP contribution < -0.4 is 14.8 Å². The van der Waals surface area contributed by atoms with Gasteiger partial charge in [-0.15, -0.1) is 0 Å². The zero-order valence-corrected chi connectivity index (χ0v) is 18.6. The predicted molar refractivity (Wildman–Crippen MR) is 120 cm³/mol. The lowest BCUT2D eigenvalue weighted by Crippen LogP contribution is -2.27. The molecule has 0 bridgehead atoms. The third-order valence-corrected chi connectivity index (χ3v) is 5.73. The molecule has 0 fully saturated rings. The number of hydrogen-bond acceptors (Lipinski definition) is 6. The van der Waals surface area contributed by atoms with Crippen LogP contribution in [0.25, 0.3) is 22.0 Å². The molecule has 1 amide bonds. The summed E-state index contributed by atoms with van der Waals surface area (Å²) in [7, 11) is 1.83. The minimum Gasteiger partial charge on any atom is -0.493 e. The van der Waals surface area contributed by atoms with Crippen molar-refractivity contribution >= 4 is 28.5 Å². The topological polar surface area (TPSA) is 91.2 Å². The number of pyridine rings is 2. The van der Waals surface area contributed by atoms with Gasteiger partial charge in [0, 0.05) is 54.5 Å². The van der Waals surface area contributed by atoms with E-state index in [1.165, 1.54) is 12.3 Å². The highest BCUT2D eigenvalue weighted by molar-refractivity contribution is 6.30. The number of halogens is 2. The van der Waals surface area contributed by atoms with Crippen LogP contribution in [0.1, 0.15) is 16.8 Å². The van der Waals surface area contributed by atoms with E-state index in [1.807, 2.05) is 20.0 Å². The number of hydrogen-bond donors (Lipinski definition) is 1. The first-order valence-electron chi connectivity index (χ1n) is 10.2. The Bertz CT molecular complexity index is 1400. The molecular weight excluding hydrogens is 449 g/mol. The third kappa shape index (κ3) is 3.95. The number of nitrogens with zero attached hydrogens (tertiary/aromatic N) is 4. The molecule has 4 aromatic rings. The van der Waals surface area contributed by atoms with Crippen LogP contribution in [0.15, 0.2) is 36.7 Å². The lowest BCUT2D eigenvalue weighted by atomic mass is 10.0. The Morgan fingerprint density at radius 1 is 1.27 bits per heavy atom. The lowest BCUT2D eigenvalue weighted by molar-refractivity contribution is 0.198. The molecule has 1 N–H and O–H groups in total. The molecule has 1 aromatic carbocycles. The normalized spacial score (nSPS) is 12.5. The molecule has 33 heavy (non-hydrogen) atoms. The predicted octanol–water partition coefficient (Wildman–Crippen LogP) is 4.35. The van der Waals surface area contributed by atoms with Gasteiger partial charge in [0.1, 0.15) is 16.7 Å². The maximum atomic E-state index is 14.3. The van der Waals surface area contributed by atoms with Crippen molar-refractivity contribution in [1.82, 2.24) is 25.1 Å². The van der Waals surface area contributed by atoms with Crippen LogP contribution in [0.2, 0.25) is 5.15 Å². The molecule has 0 saturated carbocycles. The minimum absolute atomic E-state index is 0.0361. The van der Waals surface area contributed by atoms with Gasteiger partial charge in [-0.3, -0.25) is 4.68 Å². The van der Waals surface area contributed by atoms with Gasteiger partial charge in [-0.25, -0.2) is 19.2 Å². The average molecular weight is 468 g/mol. The summed E-state index contributed by atoms with van der Waals surface area (Å²) in [6.45, 7) is 2.35. The zero-order chi connectivity index (χ0) is 23.1. The largest absolute Gasteiger partial charge is 0.493 e. The Morgan fingerprint density at radius 2 is 2.12 bits per heavy atom. The molecule has 0 aliphatic carbocycles. The number of rotatable bonds is 4. The number of aromatic nitrogens is 4. The van der Waals surface area contributed by atoms with Gasteiger partial charge in [0.15, 0.2) is 0 Å². The van der Waals surface area contributed by atoms with Gasteiger partial charge in [-0.05, 0) is 31.2 Å². The number of amides is 1. The van der Waals surface area contributed by atoms with E-state index in [1.54, 1.807) is 23.0 Å². The van der Waals surface area contributed by atoms with Gasteiger partial charge in [0.2, 0.25) is 5.88 Å². The van der Waals surface area contributed by atoms with E-state index in [9.17, 15) is 9.18 Å². The summed E-state index contributed by atoms with van der Waals surface area (Å²) in [4.78, 5) is 21.0. The molecule has 0 saturated heterocycles. The monoisotopic (exact) mass is 467 g/mol. The second-order valence-electron chi connectivity index (χ2n) is 7.67. The molecule has 0 radical (unpaired) electrons. The van der Waals surface area contributed by atoms with Gasteiger partial charge in [0.05, 0.1) is 23.4 Å². The Kier molecular flexibility index (Phi) is 5.33. The van der Waals surface area contributed by atoms with Gasteiger partial charge >= 0.3 is 6.09 Å². The van der Waals surface area contributed by atoms with Crippen LogP contribution in [0.4, 0.5) is 9.18 Å². The number of nitrogens with one attached hydrogen (secondary N) is 1. The smallest absolute Gasteiger partial charge is 0.414 e. The van der Waals surface area contributed by atoms with E-state index in [0.717, 1.165) is 22.5 Å². The summed E-state index contributed by atoms with van der Waals surface area (Å²) in [5.74, 6) is 0.298. The van der Waals surface area contributed by atoms with Crippen LogP contribution in [0.5, 0.6) is 11.6 Å². The Morgan fingerprint density at radius 3 is 2.91 bits per heavy atom. The first-order chi connectivity index (χ1) is 15.9. The summed E-state index contributed by atoms with van der Waals surface area (Å²) in [5.41, 5.74) is 3.60. The fourth-order valence-corrected chi connectivity index (χ4v) is 4.18. The van der Waals surface area contributed by atoms with Gasteiger partial charge in [0.25, 0.3) is 0 Å². The standard InChI is InChI=1S/C23H19ClFN5O3/c1-12-7-19(30(2)29-12)16-10-27-22(17-11-26-21(24)8-14(16)17)33-23(31)28-9-15-13-5-6-32-20(13)4-3-18(15)25/h3-4,7-8,10-11H,5-6,9H2,1-2H3,(H,28,31). The molecule has 0 atom stereocenters. The van der Waals surface area contributed by atoms with E-state index in [-0.39, 0.29) is 12.4 Å². The molecular formula is C23H19ClFN5O3. The first kappa shape index (κ1) is 21.1. The van der Waals surface area contributed by atoms with Crippen LogP contribution in [0, 0.1) is 12.7 Å². The molecule has 4 heterocycles. The van der Waals surface area contributed by atoms with Crippen molar-refractivity contribution in [3.05, 3.63) is 64.5 Å². The molecule has 8 nitrogen and oxygen atoms in total. The van der Waals surface area contributed by atoms with Crippen molar-refractivity contribution in [2.75, 3.05) is 6.61 Å². The lowest BCUT2D eigenvalue weighted by Gasteiger charge is -2.12. The highest BCUT2D eigenvalue weighted by atomic mass is 35.5. The maximum absolute atomic E-state index is 14.3. The Labute approximate surface area is 193 Å². The summed E-state index contributed by atoms with van der Waals surface area (Å²) in [6.07, 6.45) is 2.92. The SMILES string of the molecule is Cc1cc(-c2cnc(OC(=O)NCc3c(F)ccc4c3CCO4)c3cnc(Cl)cc23)n(C)n1. The molecule has 10 heteroatoms. The maximum Gasteiger partial charge on any atom is 0.414 e. The Balaban J connectivity index is 1.42. The summed E-state index contributed by atoms with van der Waals surface area (Å²) in [6, 6.07) is 6.53. The second kappa shape index (κ2) is 8.32. The van der Waals surface area contributed by atoms with Crippen molar-refractivity contribution in [2.45, 2.75) is 19.9 Å². The summed E-state index contributed by atoms with van der Waals surface area (Å²) < 4.78 is 27.0. The van der Waals surface area contributed by atoms with Crippen LogP contribution >= 0.6 is 11.6 Å². The molecule has 3 aromatic heterocycles. The van der Waals surface area contributed by atoms with Crippen LogP contribution in [-0.4, -0.2) is 32.4 Å². The van der Waals surface area contributed by atoms with Gasteiger partial charge in [-0.2, -0.15) is 5.10 Å². The first-order valence-corrected chi connectivity index (χ1v) is 10.6. The van der Waals surface area contributed by atoms with E-state index in [0.29, 0.717) is 40.3 Å². The van der Waals surface area contributed by atoms with Crippen LogP contribution in [0.3, 0.4) is 0 Å². The van der Waals surface area contributed by atoms with E-state index < -0.39 is 11.9 Å². The van der Waals surface area contributed by atoms with Crippen molar-refractivity contribution < 1.29 is 18.7 Å². The molecule has 1 aliphatic heterocycles. The number of fused-ring (bicyclic) bond motifs is 2. The second-order valence-corrected chi connectivity index (χ2v) is 8.06. The number of ether oxygens (including phenoxy) is 2. The van der Waals surface area contributed by atoms with Crippen molar-refractivity contribution in [2.24, 2.45) is 7.05 Å². The average Bonchev–Trinajstić information content (AvgIpc) is 3.38. The minimum atomic E-state index is -0.765. The van der Waals surface area contributed by atoms with Gasteiger partial charge < -0.3 is 14.8 Å². The number of benzene rings is 1. The van der Waals surface area contributed by atoms with Gasteiger partial charge in [-0.1, -0.05) is 11.6 Å². The fourth-order valence-electron chi connectivity index (χ4n) is 4.02. The fraction of sp³-hybridized carbons (Fsp3) is 0.217. The van der Waals surface area contributed by atoms with E-state index >= 15 is 0 Å². The third-order valence-electron chi connectivity index (χ3n) is 5.52. The molecule has 0 unspecified atom stereocenters. The number of aryl methyl sites for hydroxylation is 2. The molecule has 168 valence electrons. The van der Waals surface area contributed by atoms with E-state index in [2.05, 4.69) is 20.4 Å². The highest BCUT2D eigenvalue weighted by Gasteiger charge is 2.21. The summed E-state index contributed by atoms with van der Waals surface area (Å²) in [5, 5.41) is 8.48. The van der Waals surface area contributed by atoms with E-state index in [4.69, 9.17) is 21.1 Å². The zero-order valence-electron chi connectivity index (χ0n) is 17.9. The van der Waals surface area contributed by atoms with Crippen molar-refractivity contribution in [1.29, 1.82) is 0 Å². The number of carbonyl (C=O) groups is 1. The Hall–Kier alpha value is -3.72. The van der Waals surface area contributed by atoms with Crippen LogP contribution in [-0.2, 0) is 20.0 Å². The highest BCUT2D eigenvalue weighted by Crippen LogP contribution is 2.34. The molecule has 5 rings (SSSR count). The quantitative estimate of drug-likeness (QED) is 0.448. The van der Waals surface area contributed by atoms with Crippen molar-refractivity contribution in [3.8, 4) is 22.9 Å². The molecule has 0 spiro atoms. The van der Waals surface area contributed by atoms with Crippen molar-refractivity contribution in [3.63, 3.8) is 0 Å².